The Bertz CT molecular complexity index is 759. The van der Waals surface area contributed by atoms with Gasteiger partial charge < -0.3 is 5.73 Å². The Morgan fingerprint density at radius 1 is 1.30 bits per heavy atom. The summed E-state index contributed by atoms with van der Waals surface area (Å²) in [6.45, 7) is 6.13. The molecule has 0 fully saturated rings. The predicted octanol–water partition coefficient (Wildman–Crippen LogP) is 2.96. The maximum absolute atomic E-state index is 6.23. The van der Waals surface area contributed by atoms with Gasteiger partial charge in [0, 0.05) is 24.0 Å². The van der Waals surface area contributed by atoms with Gasteiger partial charge in [-0.1, -0.05) is 0 Å². The lowest BCUT2D eigenvalue weighted by Gasteiger charge is -2.09. The zero-order chi connectivity index (χ0) is 14.3. The van der Waals surface area contributed by atoms with Crippen molar-refractivity contribution in [3.63, 3.8) is 0 Å². The molecule has 0 aliphatic carbocycles. The highest BCUT2D eigenvalue weighted by molar-refractivity contribution is 5.91. The highest BCUT2D eigenvalue weighted by atomic mass is 15.3. The number of hydrogen-bond acceptors (Lipinski definition) is 4. The van der Waals surface area contributed by atoms with E-state index in [1.165, 1.54) is 0 Å². The summed E-state index contributed by atoms with van der Waals surface area (Å²) in [6, 6.07) is 6.00. The summed E-state index contributed by atoms with van der Waals surface area (Å²) in [5.41, 5.74) is 11.4. The molecule has 5 nitrogen and oxygen atoms in total. The topological polar surface area (TPSA) is 69.6 Å². The molecular weight excluding hydrogens is 250 g/mol. The van der Waals surface area contributed by atoms with E-state index in [-0.39, 0.29) is 6.04 Å². The quantitative estimate of drug-likeness (QED) is 0.775. The lowest BCUT2D eigenvalue weighted by Crippen LogP contribution is -2.04. The van der Waals surface area contributed by atoms with Gasteiger partial charge in [-0.25, -0.2) is 4.98 Å². The molecule has 0 saturated carbocycles. The van der Waals surface area contributed by atoms with Crippen molar-refractivity contribution in [3.8, 4) is 11.3 Å². The zero-order valence-electron chi connectivity index (χ0n) is 11.8. The second-order valence-corrected chi connectivity index (χ2v) is 5.16. The number of nitrogen functional groups attached to an aromatic ring is 1. The molecule has 3 heterocycles. The molecule has 5 heteroatoms. The lowest BCUT2D eigenvalue weighted by atomic mass is 10.1. The number of aromatic nitrogens is 4. The predicted molar refractivity (Wildman–Crippen MR) is 80.3 cm³/mol. The Hall–Kier alpha value is -2.43. The van der Waals surface area contributed by atoms with Crippen LogP contribution in [-0.2, 0) is 0 Å². The van der Waals surface area contributed by atoms with Gasteiger partial charge in [-0.2, -0.15) is 5.10 Å². The largest absolute Gasteiger partial charge is 0.397 e. The molecule has 0 unspecified atom stereocenters. The first-order chi connectivity index (χ1) is 9.58. The van der Waals surface area contributed by atoms with Crippen LogP contribution in [0.25, 0.3) is 22.3 Å². The van der Waals surface area contributed by atoms with E-state index in [4.69, 9.17) is 10.7 Å². The summed E-state index contributed by atoms with van der Waals surface area (Å²) in [7, 11) is 0. The number of fused-ring (bicyclic) bond motifs is 1. The van der Waals surface area contributed by atoms with Crippen molar-refractivity contribution in [1.82, 2.24) is 19.7 Å². The standard InChI is InChI=1S/C15H17N5/c1-9(2)20-15-12(16)7-13(11-5-4-6-17-8-11)18-14(15)10(3)19-20/h4-9H,1-3H3,(H2,16,18). The Balaban J connectivity index is 2.28. The molecular formula is C15H17N5. The number of hydrogen-bond donors (Lipinski definition) is 1. The van der Waals surface area contributed by atoms with Gasteiger partial charge in [0.25, 0.3) is 0 Å². The van der Waals surface area contributed by atoms with E-state index in [1.54, 1.807) is 12.4 Å². The molecule has 0 aliphatic rings. The first-order valence-electron chi connectivity index (χ1n) is 6.63. The molecule has 0 aromatic carbocycles. The summed E-state index contributed by atoms with van der Waals surface area (Å²) in [6.07, 6.45) is 3.53. The third-order valence-corrected chi connectivity index (χ3v) is 3.30. The second kappa shape index (κ2) is 4.59. The minimum absolute atomic E-state index is 0.250. The number of rotatable bonds is 2. The van der Waals surface area contributed by atoms with E-state index in [0.29, 0.717) is 5.69 Å². The first kappa shape index (κ1) is 12.6. The SMILES string of the molecule is Cc1nn(C(C)C)c2c(N)cc(-c3cccnc3)nc12. The maximum atomic E-state index is 6.23. The monoisotopic (exact) mass is 267 g/mol. The Labute approximate surface area is 117 Å². The highest BCUT2D eigenvalue weighted by Gasteiger charge is 2.15. The van der Waals surface area contributed by atoms with E-state index in [1.807, 2.05) is 29.8 Å². The Kier molecular flexibility index (Phi) is 2.89. The molecule has 0 atom stereocenters. The molecule has 102 valence electrons. The van der Waals surface area contributed by atoms with E-state index >= 15 is 0 Å². The van der Waals surface area contributed by atoms with Crippen LogP contribution in [0.1, 0.15) is 25.6 Å². The van der Waals surface area contributed by atoms with Crippen molar-refractivity contribution in [2.75, 3.05) is 5.73 Å². The zero-order valence-corrected chi connectivity index (χ0v) is 11.8. The molecule has 0 amide bonds. The summed E-state index contributed by atoms with van der Waals surface area (Å²) < 4.78 is 1.93. The van der Waals surface area contributed by atoms with Crippen molar-refractivity contribution in [2.24, 2.45) is 0 Å². The average Bonchev–Trinajstić information content (AvgIpc) is 2.78. The Morgan fingerprint density at radius 2 is 2.10 bits per heavy atom. The van der Waals surface area contributed by atoms with Crippen LogP contribution in [0, 0.1) is 6.92 Å². The van der Waals surface area contributed by atoms with Gasteiger partial charge in [0.15, 0.2) is 0 Å². The number of nitrogens with zero attached hydrogens (tertiary/aromatic N) is 4. The summed E-state index contributed by atoms with van der Waals surface area (Å²) >= 11 is 0. The highest BCUT2D eigenvalue weighted by Crippen LogP contribution is 2.29. The van der Waals surface area contributed by atoms with Crippen LogP contribution < -0.4 is 5.73 Å². The fourth-order valence-corrected chi connectivity index (χ4v) is 2.35. The molecule has 0 saturated heterocycles. The maximum Gasteiger partial charge on any atom is 0.114 e. The van der Waals surface area contributed by atoms with Crippen molar-refractivity contribution >= 4 is 16.7 Å². The number of nitrogens with two attached hydrogens (primary N) is 1. The van der Waals surface area contributed by atoms with Crippen LogP contribution in [0.3, 0.4) is 0 Å². The van der Waals surface area contributed by atoms with Gasteiger partial charge in [-0.15, -0.1) is 0 Å². The molecule has 0 aliphatic heterocycles. The molecule has 2 N–H and O–H groups in total. The normalized spacial score (nSPS) is 11.4. The van der Waals surface area contributed by atoms with Crippen LogP contribution in [0.15, 0.2) is 30.6 Å². The third-order valence-electron chi connectivity index (χ3n) is 3.30. The summed E-state index contributed by atoms with van der Waals surface area (Å²) in [4.78, 5) is 8.83. The summed E-state index contributed by atoms with van der Waals surface area (Å²) in [5.74, 6) is 0. The number of pyridine rings is 2. The first-order valence-corrected chi connectivity index (χ1v) is 6.63. The van der Waals surface area contributed by atoms with E-state index < -0.39 is 0 Å². The third kappa shape index (κ3) is 1.91. The van der Waals surface area contributed by atoms with Crippen molar-refractivity contribution in [3.05, 3.63) is 36.3 Å². The minimum atomic E-state index is 0.250. The Morgan fingerprint density at radius 3 is 2.75 bits per heavy atom. The fraction of sp³-hybridized carbons (Fsp3) is 0.267. The molecule has 3 aromatic heterocycles. The van der Waals surface area contributed by atoms with Crippen LogP contribution in [-0.4, -0.2) is 19.7 Å². The number of aryl methyl sites for hydroxylation is 1. The van der Waals surface area contributed by atoms with Crippen LogP contribution in [0.5, 0.6) is 0 Å². The smallest absolute Gasteiger partial charge is 0.114 e. The molecule has 0 spiro atoms. The molecule has 0 radical (unpaired) electrons. The minimum Gasteiger partial charge on any atom is -0.397 e. The van der Waals surface area contributed by atoms with Crippen LogP contribution in [0.2, 0.25) is 0 Å². The van der Waals surface area contributed by atoms with E-state index in [0.717, 1.165) is 28.0 Å². The average molecular weight is 267 g/mol. The van der Waals surface area contributed by atoms with Crippen molar-refractivity contribution in [2.45, 2.75) is 26.8 Å². The van der Waals surface area contributed by atoms with Gasteiger partial charge in [0.2, 0.25) is 0 Å². The van der Waals surface area contributed by atoms with Gasteiger partial charge in [-0.3, -0.25) is 9.67 Å². The van der Waals surface area contributed by atoms with Gasteiger partial charge in [0.1, 0.15) is 11.0 Å². The van der Waals surface area contributed by atoms with Gasteiger partial charge in [-0.05, 0) is 39.0 Å². The fourth-order valence-electron chi connectivity index (χ4n) is 2.35. The van der Waals surface area contributed by atoms with E-state index in [2.05, 4.69) is 23.9 Å². The van der Waals surface area contributed by atoms with Crippen LogP contribution in [0.4, 0.5) is 5.69 Å². The lowest BCUT2D eigenvalue weighted by molar-refractivity contribution is 0.547. The van der Waals surface area contributed by atoms with Crippen LogP contribution >= 0.6 is 0 Å². The van der Waals surface area contributed by atoms with Gasteiger partial charge in [0.05, 0.1) is 17.1 Å². The van der Waals surface area contributed by atoms with E-state index in [9.17, 15) is 0 Å². The van der Waals surface area contributed by atoms with Gasteiger partial charge >= 0.3 is 0 Å². The molecule has 20 heavy (non-hydrogen) atoms. The molecule has 0 bridgehead atoms. The van der Waals surface area contributed by atoms with Crippen molar-refractivity contribution in [1.29, 1.82) is 0 Å². The number of anilines is 1. The molecule has 3 aromatic rings. The van der Waals surface area contributed by atoms with Crippen molar-refractivity contribution < 1.29 is 0 Å². The summed E-state index contributed by atoms with van der Waals surface area (Å²) in [5, 5.41) is 4.54. The second-order valence-electron chi connectivity index (χ2n) is 5.16. The molecule has 3 rings (SSSR count).